The summed E-state index contributed by atoms with van der Waals surface area (Å²) in [5.41, 5.74) is 1.80. The zero-order valence-corrected chi connectivity index (χ0v) is 15.4. The number of thiophene rings is 1. The fraction of sp³-hybridized carbons (Fsp3) is 0.550. The second-order valence-electron chi connectivity index (χ2n) is 7.40. The second kappa shape index (κ2) is 6.95. The monoisotopic (exact) mass is 341 g/mol. The Morgan fingerprint density at radius 1 is 1.08 bits per heavy atom. The topological polar surface area (TPSA) is 19.4 Å². The molecule has 3 nitrogen and oxygen atoms in total. The van der Waals surface area contributed by atoms with Gasteiger partial charge in [-0.25, -0.2) is 0 Å². The zero-order chi connectivity index (χ0) is 16.4. The first-order chi connectivity index (χ1) is 11.7. The van der Waals surface area contributed by atoms with Gasteiger partial charge in [-0.3, -0.25) is 14.8 Å². The maximum atomic E-state index is 4.29. The molecule has 0 aliphatic carbocycles. The van der Waals surface area contributed by atoms with Gasteiger partial charge in [0.15, 0.2) is 0 Å². The molecule has 24 heavy (non-hydrogen) atoms. The SMILES string of the molecule is Cc1ccc(CN2CCC3(CCCN3Cc3cccnc3)CC2)s1. The van der Waals surface area contributed by atoms with Gasteiger partial charge in [0.2, 0.25) is 0 Å². The molecule has 0 aromatic carbocycles. The van der Waals surface area contributed by atoms with Gasteiger partial charge in [-0.05, 0) is 62.9 Å². The molecule has 2 aliphatic heterocycles. The quantitative estimate of drug-likeness (QED) is 0.835. The Morgan fingerprint density at radius 3 is 2.67 bits per heavy atom. The van der Waals surface area contributed by atoms with Crippen molar-refractivity contribution >= 4 is 11.3 Å². The van der Waals surface area contributed by atoms with E-state index in [-0.39, 0.29) is 0 Å². The molecule has 0 bridgehead atoms. The zero-order valence-electron chi connectivity index (χ0n) is 14.6. The predicted octanol–water partition coefficient (Wildman–Crippen LogP) is 4.08. The molecule has 0 atom stereocenters. The van der Waals surface area contributed by atoms with Crippen LogP contribution in [0.2, 0.25) is 0 Å². The van der Waals surface area contributed by atoms with Gasteiger partial charge in [0, 0.05) is 53.9 Å². The van der Waals surface area contributed by atoms with Crippen LogP contribution in [0.4, 0.5) is 0 Å². The van der Waals surface area contributed by atoms with Crippen LogP contribution in [0.25, 0.3) is 0 Å². The van der Waals surface area contributed by atoms with Crippen LogP contribution >= 0.6 is 11.3 Å². The highest BCUT2D eigenvalue weighted by atomic mass is 32.1. The fourth-order valence-corrected chi connectivity index (χ4v) is 5.37. The molecule has 128 valence electrons. The average Bonchev–Trinajstić information content (AvgIpc) is 3.18. The van der Waals surface area contributed by atoms with Gasteiger partial charge in [0.25, 0.3) is 0 Å². The maximum Gasteiger partial charge on any atom is 0.0328 e. The van der Waals surface area contributed by atoms with Gasteiger partial charge in [-0.2, -0.15) is 0 Å². The van der Waals surface area contributed by atoms with Crippen LogP contribution in [0.3, 0.4) is 0 Å². The predicted molar refractivity (Wildman–Crippen MR) is 100 cm³/mol. The maximum absolute atomic E-state index is 4.29. The molecule has 0 N–H and O–H groups in total. The van der Waals surface area contributed by atoms with Crippen molar-refractivity contribution in [1.29, 1.82) is 0 Å². The van der Waals surface area contributed by atoms with Crippen molar-refractivity contribution in [2.24, 2.45) is 0 Å². The Kier molecular flexibility index (Phi) is 4.70. The first-order valence-electron chi connectivity index (χ1n) is 9.15. The first kappa shape index (κ1) is 16.2. The summed E-state index contributed by atoms with van der Waals surface area (Å²) in [5, 5.41) is 0. The molecule has 0 unspecified atom stereocenters. The third-order valence-electron chi connectivity index (χ3n) is 5.80. The van der Waals surface area contributed by atoms with E-state index < -0.39 is 0 Å². The van der Waals surface area contributed by atoms with E-state index in [2.05, 4.69) is 46.0 Å². The van der Waals surface area contributed by atoms with Gasteiger partial charge in [0.05, 0.1) is 0 Å². The largest absolute Gasteiger partial charge is 0.298 e. The third-order valence-corrected chi connectivity index (χ3v) is 6.78. The van der Waals surface area contributed by atoms with E-state index >= 15 is 0 Å². The molecule has 4 rings (SSSR count). The Hall–Kier alpha value is -1.23. The number of likely N-dealkylation sites (tertiary alicyclic amines) is 2. The summed E-state index contributed by atoms with van der Waals surface area (Å²) in [5.74, 6) is 0. The highest BCUT2D eigenvalue weighted by Gasteiger charge is 2.42. The summed E-state index contributed by atoms with van der Waals surface area (Å²) < 4.78 is 0. The smallest absolute Gasteiger partial charge is 0.0328 e. The number of pyridine rings is 1. The average molecular weight is 342 g/mol. The molecule has 2 aromatic heterocycles. The van der Waals surface area contributed by atoms with Crippen molar-refractivity contribution in [2.75, 3.05) is 19.6 Å². The van der Waals surface area contributed by atoms with Gasteiger partial charge >= 0.3 is 0 Å². The Bertz CT molecular complexity index is 659. The van der Waals surface area contributed by atoms with Gasteiger partial charge in [-0.15, -0.1) is 11.3 Å². The van der Waals surface area contributed by atoms with Crippen molar-refractivity contribution in [3.8, 4) is 0 Å². The lowest BCUT2D eigenvalue weighted by molar-refractivity contribution is 0.0453. The molecule has 0 radical (unpaired) electrons. The van der Waals surface area contributed by atoms with Crippen molar-refractivity contribution < 1.29 is 0 Å². The van der Waals surface area contributed by atoms with E-state index in [1.54, 1.807) is 0 Å². The van der Waals surface area contributed by atoms with Crippen molar-refractivity contribution in [3.63, 3.8) is 0 Å². The molecule has 2 fully saturated rings. The standard InChI is InChI=1S/C20H27N3S/c1-17-5-6-19(24-17)16-22-12-8-20(9-13-22)7-3-11-23(20)15-18-4-2-10-21-14-18/h2,4-6,10,14H,3,7-9,11-13,15-16H2,1H3. The van der Waals surface area contributed by atoms with Crippen LogP contribution in [0, 0.1) is 6.92 Å². The first-order valence-corrected chi connectivity index (χ1v) is 9.97. The van der Waals surface area contributed by atoms with E-state index in [0.717, 1.165) is 13.1 Å². The number of aromatic nitrogens is 1. The second-order valence-corrected chi connectivity index (χ2v) is 8.77. The van der Waals surface area contributed by atoms with E-state index in [9.17, 15) is 0 Å². The molecule has 2 aromatic rings. The molecular weight excluding hydrogens is 314 g/mol. The summed E-state index contributed by atoms with van der Waals surface area (Å²) >= 11 is 1.95. The fourth-order valence-electron chi connectivity index (χ4n) is 4.44. The molecule has 2 aliphatic rings. The normalized spacial score (nSPS) is 21.5. The molecule has 2 saturated heterocycles. The summed E-state index contributed by atoms with van der Waals surface area (Å²) in [4.78, 5) is 12.6. The van der Waals surface area contributed by atoms with Crippen molar-refractivity contribution in [1.82, 2.24) is 14.8 Å². The van der Waals surface area contributed by atoms with Crippen molar-refractivity contribution in [2.45, 2.75) is 51.2 Å². The van der Waals surface area contributed by atoms with Gasteiger partial charge in [0.1, 0.15) is 0 Å². The third kappa shape index (κ3) is 3.41. The minimum Gasteiger partial charge on any atom is -0.298 e. The Balaban J connectivity index is 1.37. The number of piperidine rings is 1. The highest BCUT2D eigenvalue weighted by Crippen LogP contribution is 2.39. The number of rotatable bonds is 4. The molecule has 0 saturated carbocycles. The van der Waals surface area contributed by atoms with Crippen LogP contribution in [0.1, 0.15) is 41.0 Å². The number of hydrogen-bond acceptors (Lipinski definition) is 4. The van der Waals surface area contributed by atoms with Crippen LogP contribution in [0.15, 0.2) is 36.7 Å². The Morgan fingerprint density at radius 2 is 1.96 bits per heavy atom. The van der Waals surface area contributed by atoms with Gasteiger partial charge < -0.3 is 0 Å². The molecule has 4 heteroatoms. The molecule has 0 amide bonds. The minimum atomic E-state index is 0.442. The lowest BCUT2D eigenvalue weighted by Gasteiger charge is -2.45. The number of nitrogens with zero attached hydrogens (tertiary/aromatic N) is 3. The molecular formula is C20H27N3S. The van der Waals surface area contributed by atoms with Gasteiger partial charge in [-0.1, -0.05) is 6.07 Å². The summed E-state index contributed by atoms with van der Waals surface area (Å²) in [6, 6.07) is 8.82. The minimum absolute atomic E-state index is 0.442. The lowest BCUT2D eigenvalue weighted by Crippen LogP contribution is -2.51. The molecule has 4 heterocycles. The van der Waals surface area contributed by atoms with Crippen LogP contribution in [0.5, 0.6) is 0 Å². The summed E-state index contributed by atoms with van der Waals surface area (Å²) in [6.45, 7) is 8.13. The van der Waals surface area contributed by atoms with E-state index in [0.29, 0.717) is 5.54 Å². The summed E-state index contributed by atoms with van der Waals surface area (Å²) in [7, 11) is 0. The molecule has 1 spiro atoms. The van der Waals surface area contributed by atoms with Crippen LogP contribution < -0.4 is 0 Å². The highest BCUT2D eigenvalue weighted by molar-refractivity contribution is 7.11. The summed E-state index contributed by atoms with van der Waals surface area (Å²) in [6.07, 6.45) is 9.26. The van der Waals surface area contributed by atoms with Crippen LogP contribution in [-0.2, 0) is 13.1 Å². The lowest BCUT2D eigenvalue weighted by atomic mass is 9.84. The van der Waals surface area contributed by atoms with E-state index in [4.69, 9.17) is 0 Å². The Labute approximate surface area is 149 Å². The number of hydrogen-bond donors (Lipinski definition) is 0. The van der Waals surface area contributed by atoms with Crippen molar-refractivity contribution in [3.05, 3.63) is 52.0 Å². The van der Waals surface area contributed by atoms with E-state index in [1.807, 2.05) is 23.7 Å². The van der Waals surface area contributed by atoms with Crippen LogP contribution in [-0.4, -0.2) is 40.0 Å². The number of aryl methyl sites for hydroxylation is 1. The van der Waals surface area contributed by atoms with E-state index in [1.165, 1.54) is 60.6 Å².